The van der Waals surface area contributed by atoms with Gasteiger partial charge >= 0.3 is 0 Å². The third-order valence-electron chi connectivity index (χ3n) is 2.83. The normalized spacial score (nSPS) is 10.7. The molecule has 0 unspecified atom stereocenters. The highest BCUT2D eigenvalue weighted by Gasteiger charge is 2.18. The zero-order valence-electron chi connectivity index (χ0n) is 10.5. The van der Waals surface area contributed by atoms with Crippen LogP contribution in [0.2, 0.25) is 0 Å². The van der Waals surface area contributed by atoms with Crippen LogP contribution in [0.1, 0.15) is 18.2 Å². The molecule has 0 saturated carbocycles. The average Bonchev–Trinajstić information content (AvgIpc) is 2.76. The second kappa shape index (κ2) is 5.54. The summed E-state index contributed by atoms with van der Waals surface area (Å²) in [6, 6.07) is 7.90. The lowest BCUT2D eigenvalue weighted by atomic mass is 10.2. The zero-order chi connectivity index (χ0) is 13.1. The van der Waals surface area contributed by atoms with E-state index >= 15 is 0 Å². The van der Waals surface area contributed by atoms with Gasteiger partial charge in [0.15, 0.2) is 0 Å². The number of ether oxygens (including phenoxy) is 1. The molecule has 0 saturated heterocycles. The van der Waals surface area contributed by atoms with Crippen molar-refractivity contribution in [1.82, 2.24) is 9.78 Å². The SMILES string of the molecule is CCc1nn(-c2ccccc2Br)c(OC)c1CN. The van der Waals surface area contributed by atoms with E-state index < -0.39 is 0 Å². The number of aryl methyl sites for hydroxylation is 1. The molecular formula is C13H16BrN3O. The third-order valence-corrected chi connectivity index (χ3v) is 3.50. The van der Waals surface area contributed by atoms with Crippen molar-refractivity contribution >= 4 is 15.9 Å². The second-order valence-electron chi connectivity index (χ2n) is 3.86. The van der Waals surface area contributed by atoms with Crippen molar-refractivity contribution < 1.29 is 4.74 Å². The van der Waals surface area contributed by atoms with Gasteiger partial charge in [-0.15, -0.1) is 0 Å². The van der Waals surface area contributed by atoms with Crippen LogP contribution in [0.5, 0.6) is 5.88 Å². The highest BCUT2D eigenvalue weighted by Crippen LogP contribution is 2.29. The van der Waals surface area contributed by atoms with Crippen molar-refractivity contribution in [3.8, 4) is 11.6 Å². The summed E-state index contributed by atoms with van der Waals surface area (Å²) in [7, 11) is 1.64. The van der Waals surface area contributed by atoms with Crippen molar-refractivity contribution in [3.05, 3.63) is 40.0 Å². The van der Waals surface area contributed by atoms with E-state index in [4.69, 9.17) is 10.5 Å². The third kappa shape index (κ3) is 2.15. The number of halogens is 1. The Labute approximate surface area is 115 Å². The Bertz CT molecular complexity index is 551. The van der Waals surface area contributed by atoms with Crippen LogP contribution in [-0.4, -0.2) is 16.9 Å². The van der Waals surface area contributed by atoms with Crippen LogP contribution >= 0.6 is 15.9 Å². The molecule has 1 aromatic heterocycles. The van der Waals surface area contributed by atoms with Crippen molar-refractivity contribution in [3.63, 3.8) is 0 Å². The van der Waals surface area contributed by atoms with Gasteiger partial charge in [0.2, 0.25) is 5.88 Å². The Balaban J connectivity index is 2.64. The minimum absolute atomic E-state index is 0.427. The number of rotatable bonds is 4. The number of aromatic nitrogens is 2. The number of hydrogen-bond acceptors (Lipinski definition) is 3. The molecule has 2 aromatic rings. The molecule has 96 valence electrons. The maximum Gasteiger partial charge on any atom is 0.221 e. The summed E-state index contributed by atoms with van der Waals surface area (Å²) in [5.74, 6) is 0.709. The van der Waals surface area contributed by atoms with E-state index in [-0.39, 0.29) is 0 Å². The molecule has 1 heterocycles. The highest BCUT2D eigenvalue weighted by molar-refractivity contribution is 9.10. The first kappa shape index (κ1) is 13.1. The molecule has 2 rings (SSSR count). The van der Waals surface area contributed by atoms with Gasteiger partial charge in [-0.3, -0.25) is 0 Å². The summed E-state index contributed by atoms with van der Waals surface area (Å²) in [5.41, 5.74) is 8.68. The van der Waals surface area contributed by atoms with Gasteiger partial charge in [-0.2, -0.15) is 9.78 Å². The molecule has 0 amide bonds. The molecule has 2 N–H and O–H groups in total. The molecule has 0 atom stereocenters. The molecule has 1 aromatic carbocycles. The van der Waals surface area contributed by atoms with Crippen LogP contribution in [0.3, 0.4) is 0 Å². The highest BCUT2D eigenvalue weighted by atomic mass is 79.9. The van der Waals surface area contributed by atoms with Crippen molar-refractivity contribution in [2.45, 2.75) is 19.9 Å². The van der Waals surface area contributed by atoms with Crippen LogP contribution in [0.15, 0.2) is 28.7 Å². The van der Waals surface area contributed by atoms with E-state index in [0.717, 1.165) is 27.8 Å². The van der Waals surface area contributed by atoms with Gasteiger partial charge in [0, 0.05) is 11.0 Å². The van der Waals surface area contributed by atoms with Gasteiger partial charge in [0.1, 0.15) is 0 Å². The molecular weight excluding hydrogens is 294 g/mol. The van der Waals surface area contributed by atoms with E-state index in [1.54, 1.807) is 11.8 Å². The summed E-state index contributed by atoms with van der Waals surface area (Å²) in [6.07, 6.45) is 0.834. The van der Waals surface area contributed by atoms with Crippen LogP contribution in [0, 0.1) is 0 Å². The molecule has 5 heteroatoms. The molecule has 0 radical (unpaired) electrons. The molecule has 0 spiro atoms. The van der Waals surface area contributed by atoms with E-state index in [2.05, 4.69) is 28.0 Å². The fourth-order valence-electron chi connectivity index (χ4n) is 1.96. The van der Waals surface area contributed by atoms with Crippen molar-refractivity contribution in [1.29, 1.82) is 0 Å². The minimum Gasteiger partial charge on any atom is -0.481 e. The quantitative estimate of drug-likeness (QED) is 0.944. The second-order valence-corrected chi connectivity index (χ2v) is 4.71. The Morgan fingerprint density at radius 1 is 1.39 bits per heavy atom. The van der Waals surface area contributed by atoms with Crippen LogP contribution < -0.4 is 10.5 Å². The Morgan fingerprint density at radius 3 is 2.67 bits per heavy atom. The molecule has 0 aliphatic heterocycles. The van der Waals surface area contributed by atoms with Gasteiger partial charge < -0.3 is 10.5 Å². The Kier molecular flexibility index (Phi) is 4.04. The molecule has 0 bridgehead atoms. The van der Waals surface area contributed by atoms with E-state index in [1.807, 2.05) is 24.3 Å². The van der Waals surface area contributed by atoms with Crippen LogP contribution in [0.25, 0.3) is 5.69 Å². The number of methoxy groups -OCH3 is 1. The fraction of sp³-hybridized carbons (Fsp3) is 0.308. The molecule has 18 heavy (non-hydrogen) atoms. The summed E-state index contributed by atoms with van der Waals surface area (Å²) in [6.45, 7) is 2.49. The first-order valence-corrected chi connectivity index (χ1v) is 6.61. The number of hydrogen-bond donors (Lipinski definition) is 1. The Morgan fingerprint density at radius 2 is 2.11 bits per heavy atom. The molecule has 0 aliphatic rings. The lowest BCUT2D eigenvalue weighted by Gasteiger charge is -2.08. The summed E-state index contributed by atoms with van der Waals surface area (Å²) in [4.78, 5) is 0. The molecule has 0 fully saturated rings. The average molecular weight is 310 g/mol. The lowest BCUT2D eigenvalue weighted by Crippen LogP contribution is -2.03. The largest absolute Gasteiger partial charge is 0.481 e. The molecule has 4 nitrogen and oxygen atoms in total. The predicted molar refractivity (Wildman–Crippen MR) is 75.1 cm³/mol. The Hall–Kier alpha value is -1.33. The van der Waals surface area contributed by atoms with E-state index in [9.17, 15) is 0 Å². The van der Waals surface area contributed by atoms with Gasteiger partial charge in [0.05, 0.1) is 24.1 Å². The van der Waals surface area contributed by atoms with Gasteiger partial charge in [-0.25, -0.2) is 0 Å². The van der Waals surface area contributed by atoms with Crippen molar-refractivity contribution in [2.75, 3.05) is 7.11 Å². The topological polar surface area (TPSA) is 53.1 Å². The summed E-state index contributed by atoms with van der Waals surface area (Å²) in [5, 5.41) is 4.58. The first-order valence-electron chi connectivity index (χ1n) is 5.82. The first-order chi connectivity index (χ1) is 8.72. The molecule has 0 aliphatic carbocycles. The van der Waals surface area contributed by atoms with Gasteiger partial charge in [-0.1, -0.05) is 19.1 Å². The van der Waals surface area contributed by atoms with Crippen molar-refractivity contribution in [2.24, 2.45) is 5.73 Å². The zero-order valence-corrected chi connectivity index (χ0v) is 12.1. The van der Waals surface area contributed by atoms with Crippen LogP contribution in [-0.2, 0) is 13.0 Å². The van der Waals surface area contributed by atoms with Gasteiger partial charge in [0.25, 0.3) is 0 Å². The maximum absolute atomic E-state index is 5.79. The predicted octanol–water partition coefficient (Wildman–Crippen LogP) is 2.66. The lowest BCUT2D eigenvalue weighted by molar-refractivity contribution is 0.379. The summed E-state index contributed by atoms with van der Waals surface area (Å²) < 4.78 is 8.23. The number of para-hydroxylation sites is 1. The van der Waals surface area contributed by atoms with Gasteiger partial charge in [-0.05, 0) is 34.5 Å². The number of nitrogens with zero attached hydrogens (tertiary/aromatic N) is 2. The van der Waals surface area contributed by atoms with Crippen LogP contribution in [0.4, 0.5) is 0 Å². The minimum atomic E-state index is 0.427. The van der Waals surface area contributed by atoms with E-state index in [1.165, 1.54) is 0 Å². The maximum atomic E-state index is 5.79. The summed E-state index contributed by atoms with van der Waals surface area (Å²) >= 11 is 3.53. The smallest absolute Gasteiger partial charge is 0.221 e. The van der Waals surface area contributed by atoms with E-state index in [0.29, 0.717) is 12.4 Å². The standard InChI is InChI=1S/C13H16BrN3O/c1-3-11-9(8-15)13(18-2)17(16-11)12-7-5-4-6-10(12)14/h4-7H,3,8,15H2,1-2H3. The monoisotopic (exact) mass is 309 g/mol. The number of benzene rings is 1. The number of nitrogens with two attached hydrogens (primary N) is 1. The fourth-order valence-corrected chi connectivity index (χ4v) is 2.42.